The third-order valence-electron chi connectivity index (χ3n) is 0. The maximum atomic E-state index is 11.5. The van der Waals surface area contributed by atoms with E-state index in [1.165, 1.54) is 15.1 Å². The minimum absolute atomic E-state index is 1.30. The molecule has 0 atom stereocenters. The lowest BCUT2D eigenvalue weighted by Gasteiger charge is -1.86. The molecule has 0 saturated carbocycles. The summed E-state index contributed by atoms with van der Waals surface area (Å²) in [5, 5.41) is 6.38. The highest BCUT2D eigenvalue weighted by atomic mass is 31.2. The highest BCUT2D eigenvalue weighted by Crippen LogP contribution is 2.34. The Morgan fingerprint density at radius 3 is 1.60 bits per heavy atom. The van der Waals surface area contributed by atoms with Crippen molar-refractivity contribution in [1.29, 1.82) is 5.16 Å². The Labute approximate surface area is 32.7 Å². The zero-order chi connectivity index (χ0) is 4.50. The SMILES string of the molecule is BP(B)(=N)F. The van der Waals surface area contributed by atoms with Crippen LogP contribution in [0.1, 0.15) is 0 Å². The van der Waals surface area contributed by atoms with Gasteiger partial charge in [-0.1, -0.05) is 0 Å². The van der Waals surface area contributed by atoms with Gasteiger partial charge in [-0.2, -0.15) is 0 Å². The van der Waals surface area contributed by atoms with E-state index in [2.05, 4.69) is 0 Å². The van der Waals surface area contributed by atoms with Crippen molar-refractivity contribution >= 4 is 22.3 Å². The summed E-state index contributed by atoms with van der Waals surface area (Å²) >= 11 is 0. The molecule has 0 amide bonds. The minimum Gasteiger partial charge on any atom is -0.306 e. The van der Waals surface area contributed by atoms with Crippen LogP contribution in [-0.2, 0) is 0 Å². The van der Waals surface area contributed by atoms with E-state index in [4.69, 9.17) is 5.16 Å². The standard InChI is InChI=1S/B2FH5NP/c1-5(2,3)4/h4H,1-2H2. The summed E-state index contributed by atoms with van der Waals surface area (Å²) in [7, 11) is -0.0417. The van der Waals surface area contributed by atoms with Gasteiger partial charge >= 0.3 is 0 Å². The highest BCUT2D eigenvalue weighted by Gasteiger charge is 1.90. The predicted octanol–water partition coefficient (Wildman–Crippen LogP) is -0.253. The van der Waals surface area contributed by atoms with Gasteiger partial charge in [-0.3, -0.25) is 0 Å². The van der Waals surface area contributed by atoms with E-state index in [-0.39, 0.29) is 0 Å². The van der Waals surface area contributed by atoms with Crippen molar-refractivity contribution in [3.05, 3.63) is 0 Å². The Morgan fingerprint density at radius 2 is 1.60 bits per heavy atom. The first-order valence-corrected chi connectivity index (χ1v) is 3.86. The zero-order valence-corrected chi connectivity index (χ0v) is 4.22. The third-order valence-corrected chi connectivity index (χ3v) is 0. The first kappa shape index (κ1) is 5.29. The molecule has 0 radical (unpaired) electrons. The van der Waals surface area contributed by atoms with Gasteiger partial charge in [-0.15, -0.1) is 0 Å². The van der Waals surface area contributed by atoms with Crippen LogP contribution in [-0.4, -0.2) is 15.1 Å². The molecular weight excluding hydrogens is 85.6 g/mol. The predicted molar refractivity (Wildman–Crippen MR) is 27.8 cm³/mol. The van der Waals surface area contributed by atoms with E-state index in [1.807, 2.05) is 0 Å². The average molecular weight is 90.6 g/mol. The summed E-state index contributed by atoms with van der Waals surface area (Å²) in [5.41, 5.74) is 0. The maximum absolute atomic E-state index is 11.5. The fourth-order valence-electron chi connectivity index (χ4n) is 0. The Balaban J connectivity index is 3.47. The largest absolute Gasteiger partial charge is 0.306 e. The lowest BCUT2D eigenvalue weighted by Crippen LogP contribution is -1.59. The van der Waals surface area contributed by atoms with Crippen LogP contribution in [0.5, 0.6) is 0 Å². The number of hydrogen-bond donors (Lipinski definition) is 1. The minimum atomic E-state index is -2.64. The van der Waals surface area contributed by atoms with Gasteiger partial charge in [0, 0.05) is 7.12 Å². The topological polar surface area (TPSA) is 23.9 Å². The van der Waals surface area contributed by atoms with Crippen molar-refractivity contribution in [2.75, 3.05) is 0 Å². The van der Waals surface area contributed by atoms with Crippen LogP contribution in [0.15, 0.2) is 0 Å². The summed E-state index contributed by atoms with van der Waals surface area (Å²) in [4.78, 5) is 0. The van der Waals surface area contributed by atoms with Gasteiger partial charge in [-0.05, 0) is 0 Å². The molecule has 0 rings (SSSR count). The van der Waals surface area contributed by atoms with Gasteiger partial charge in [0.2, 0.25) is 0 Å². The van der Waals surface area contributed by atoms with Crippen molar-refractivity contribution < 1.29 is 4.20 Å². The van der Waals surface area contributed by atoms with E-state index in [0.717, 1.165) is 0 Å². The molecule has 0 aromatic heterocycles. The molecule has 0 aliphatic rings. The molecule has 28 valence electrons. The normalized spacial score (nSPS) is 11.4. The van der Waals surface area contributed by atoms with Gasteiger partial charge in [-0.25, -0.2) is 4.20 Å². The number of nitrogens with one attached hydrogen (secondary N) is 1. The van der Waals surface area contributed by atoms with E-state index in [0.29, 0.717) is 0 Å². The second-order valence-corrected chi connectivity index (χ2v) is 3.95. The molecule has 0 aliphatic heterocycles. The van der Waals surface area contributed by atoms with Gasteiger partial charge in [0.1, 0.15) is 0 Å². The van der Waals surface area contributed by atoms with Crippen LogP contribution in [0.25, 0.3) is 0 Å². The molecule has 0 aromatic carbocycles. The van der Waals surface area contributed by atoms with Crippen LogP contribution in [0.4, 0.5) is 4.20 Å². The second kappa shape index (κ2) is 1.17. The average Bonchev–Trinajstić information content (AvgIpc) is 0.722. The molecule has 0 aliphatic carbocycles. The van der Waals surface area contributed by atoms with Gasteiger partial charge in [0.15, 0.2) is 15.1 Å². The van der Waals surface area contributed by atoms with Gasteiger partial charge in [0.05, 0.1) is 0 Å². The summed E-state index contributed by atoms with van der Waals surface area (Å²) in [5.74, 6) is 0. The van der Waals surface area contributed by atoms with Crippen molar-refractivity contribution in [3.8, 4) is 0 Å². The van der Waals surface area contributed by atoms with Crippen molar-refractivity contribution in [1.82, 2.24) is 0 Å². The molecule has 1 nitrogen and oxygen atoms in total. The summed E-state index contributed by atoms with van der Waals surface area (Å²) in [6, 6.07) is 0. The quantitative estimate of drug-likeness (QED) is 0.313. The molecule has 0 bridgehead atoms. The third kappa shape index (κ3) is 268. The second-order valence-electron chi connectivity index (χ2n) is 1.32. The molecule has 1 N–H and O–H groups in total. The molecule has 0 fully saturated rings. The Kier molecular flexibility index (Phi) is 1.24. The van der Waals surface area contributed by atoms with Crippen molar-refractivity contribution in [2.24, 2.45) is 0 Å². The summed E-state index contributed by atoms with van der Waals surface area (Å²) < 4.78 is 11.5. The smallest absolute Gasteiger partial charge is 0.183 e. The highest BCUT2D eigenvalue weighted by molar-refractivity contribution is 8.03. The molecule has 0 unspecified atom stereocenters. The summed E-state index contributed by atoms with van der Waals surface area (Å²) in [6.07, 6.45) is 0. The molecule has 0 saturated heterocycles. The lowest BCUT2D eigenvalue weighted by atomic mass is 10.7. The fourth-order valence-corrected chi connectivity index (χ4v) is 0. The Morgan fingerprint density at radius 1 is 1.60 bits per heavy atom. The van der Waals surface area contributed by atoms with Gasteiger partial charge < -0.3 is 5.16 Å². The van der Waals surface area contributed by atoms with E-state index < -0.39 is 7.12 Å². The van der Waals surface area contributed by atoms with E-state index in [9.17, 15) is 4.20 Å². The van der Waals surface area contributed by atoms with Crippen molar-refractivity contribution in [3.63, 3.8) is 0 Å². The number of hydrogen-bond acceptors (Lipinski definition) is 1. The van der Waals surface area contributed by atoms with Crippen LogP contribution < -0.4 is 0 Å². The van der Waals surface area contributed by atoms with E-state index in [1.54, 1.807) is 0 Å². The van der Waals surface area contributed by atoms with Gasteiger partial charge in [0.25, 0.3) is 0 Å². The van der Waals surface area contributed by atoms with Crippen LogP contribution in [0, 0.1) is 5.16 Å². The van der Waals surface area contributed by atoms with E-state index >= 15 is 0 Å². The zero-order valence-electron chi connectivity index (χ0n) is 3.33. The monoisotopic (exact) mass is 91.0 g/mol. The lowest BCUT2D eigenvalue weighted by molar-refractivity contribution is 0.909. The maximum Gasteiger partial charge on any atom is 0.183 e. The first-order valence-electron chi connectivity index (χ1n) is 1.29. The molecule has 5 heteroatoms. The van der Waals surface area contributed by atoms with Crippen molar-refractivity contribution in [2.45, 2.75) is 0 Å². The number of rotatable bonds is 0. The fraction of sp³-hybridized carbons (Fsp3) is 0. The first-order chi connectivity index (χ1) is 2.00. The Hall–Kier alpha value is 0.290. The molecule has 0 spiro atoms. The van der Waals surface area contributed by atoms with Crippen LogP contribution >= 0.6 is 7.12 Å². The molecule has 0 heterocycles. The van der Waals surface area contributed by atoms with Crippen LogP contribution in [0.3, 0.4) is 0 Å². The molecule has 0 aromatic rings. The summed E-state index contributed by atoms with van der Waals surface area (Å²) in [6.45, 7) is 0. The molecule has 5 heavy (non-hydrogen) atoms. The number of halogens is 1. The Bertz CT molecular complexity index is 55.8. The van der Waals surface area contributed by atoms with Crippen LogP contribution in [0.2, 0.25) is 0 Å². The molecular formula is H5B2FNP.